The standard InChI is InChI=1S/C33H35N3O8/c1-5-16-43-26-15-13-24(19-29(26)42-7-3)36-32(39)25(31(38)35-33(36)40)17-22-10-14-27(28(18-22)41-6-2)44-20-30(37)34-23-11-8-21(4)9-12-23/h8-15,17-19H,5-7,16,20H2,1-4H3,(H,34,37)(H,35,38,40)/b25-17+. The van der Waals surface area contributed by atoms with Crippen LogP contribution in [0, 0.1) is 6.92 Å². The number of ether oxygens (including phenoxy) is 4. The second kappa shape index (κ2) is 14.7. The van der Waals surface area contributed by atoms with Gasteiger partial charge in [0.25, 0.3) is 17.7 Å². The van der Waals surface area contributed by atoms with Crippen LogP contribution >= 0.6 is 0 Å². The van der Waals surface area contributed by atoms with E-state index in [2.05, 4.69) is 10.6 Å². The van der Waals surface area contributed by atoms with Crippen LogP contribution in [0.15, 0.2) is 66.2 Å². The van der Waals surface area contributed by atoms with E-state index in [1.54, 1.807) is 49.4 Å². The van der Waals surface area contributed by atoms with E-state index in [0.29, 0.717) is 54.1 Å². The maximum absolute atomic E-state index is 13.5. The third kappa shape index (κ3) is 7.74. The van der Waals surface area contributed by atoms with E-state index < -0.39 is 17.8 Å². The molecule has 1 fully saturated rings. The second-order valence-corrected chi connectivity index (χ2v) is 9.71. The largest absolute Gasteiger partial charge is 0.490 e. The molecule has 1 aliphatic rings. The number of carbonyl (C=O) groups is 4. The Kier molecular flexibility index (Phi) is 10.6. The lowest BCUT2D eigenvalue weighted by Crippen LogP contribution is -2.54. The summed E-state index contributed by atoms with van der Waals surface area (Å²) in [5, 5.41) is 4.99. The van der Waals surface area contributed by atoms with Gasteiger partial charge in [0.05, 0.1) is 25.5 Å². The molecule has 0 aliphatic carbocycles. The van der Waals surface area contributed by atoms with E-state index in [1.807, 2.05) is 32.9 Å². The number of imide groups is 2. The fourth-order valence-electron chi connectivity index (χ4n) is 4.27. The maximum Gasteiger partial charge on any atom is 0.335 e. The molecule has 44 heavy (non-hydrogen) atoms. The monoisotopic (exact) mass is 601 g/mol. The minimum atomic E-state index is -0.885. The van der Waals surface area contributed by atoms with E-state index in [9.17, 15) is 19.2 Å². The minimum Gasteiger partial charge on any atom is -0.490 e. The molecular formula is C33H35N3O8. The van der Waals surface area contributed by atoms with Crippen LogP contribution in [0.3, 0.4) is 0 Å². The van der Waals surface area contributed by atoms with Crippen molar-refractivity contribution in [3.05, 3.63) is 77.4 Å². The minimum absolute atomic E-state index is 0.209. The maximum atomic E-state index is 13.5. The van der Waals surface area contributed by atoms with Gasteiger partial charge in [0.1, 0.15) is 5.57 Å². The SMILES string of the molecule is CCCOc1ccc(N2C(=O)NC(=O)/C(=C\c3ccc(OCC(=O)Nc4ccc(C)cc4)c(OCC)c3)C2=O)cc1OCC. The zero-order chi connectivity index (χ0) is 31.6. The predicted molar refractivity (Wildman–Crippen MR) is 165 cm³/mol. The fraction of sp³-hybridized carbons (Fsp3) is 0.273. The molecule has 0 aromatic heterocycles. The van der Waals surface area contributed by atoms with Gasteiger partial charge in [-0.05, 0) is 75.2 Å². The third-order valence-corrected chi connectivity index (χ3v) is 6.32. The molecule has 0 atom stereocenters. The first-order valence-corrected chi connectivity index (χ1v) is 14.3. The van der Waals surface area contributed by atoms with E-state index in [-0.39, 0.29) is 23.8 Å². The van der Waals surface area contributed by atoms with Crippen LogP contribution in [0.5, 0.6) is 23.0 Å². The molecule has 1 aliphatic heterocycles. The zero-order valence-corrected chi connectivity index (χ0v) is 25.1. The summed E-state index contributed by atoms with van der Waals surface area (Å²) in [6.45, 7) is 8.37. The molecule has 3 aromatic rings. The average molecular weight is 602 g/mol. The normalized spacial score (nSPS) is 13.9. The summed E-state index contributed by atoms with van der Waals surface area (Å²) in [5.41, 5.74) is 2.11. The Morgan fingerprint density at radius 2 is 1.48 bits per heavy atom. The average Bonchev–Trinajstić information content (AvgIpc) is 3.00. The van der Waals surface area contributed by atoms with Crippen molar-refractivity contribution in [2.24, 2.45) is 0 Å². The van der Waals surface area contributed by atoms with Crippen LogP contribution in [0.25, 0.3) is 6.08 Å². The molecule has 230 valence electrons. The molecule has 0 unspecified atom stereocenters. The lowest BCUT2D eigenvalue weighted by Gasteiger charge is -2.27. The van der Waals surface area contributed by atoms with Gasteiger partial charge in [0.2, 0.25) is 0 Å². The first-order chi connectivity index (χ1) is 21.2. The Morgan fingerprint density at radius 1 is 0.818 bits per heavy atom. The number of nitrogens with zero attached hydrogens (tertiary/aromatic N) is 1. The molecule has 11 nitrogen and oxygen atoms in total. The number of hydrogen-bond donors (Lipinski definition) is 2. The van der Waals surface area contributed by atoms with Crippen LogP contribution in [0.1, 0.15) is 38.3 Å². The van der Waals surface area contributed by atoms with Crippen molar-refractivity contribution < 1.29 is 38.1 Å². The molecule has 0 bridgehead atoms. The Morgan fingerprint density at radius 3 is 2.16 bits per heavy atom. The molecule has 4 rings (SSSR count). The predicted octanol–water partition coefficient (Wildman–Crippen LogP) is 5.27. The highest BCUT2D eigenvalue weighted by Crippen LogP contribution is 2.34. The second-order valence-electron chi connectivity index (χ2n) is 9.71. The number of nitrogens with one attached hydrogen (secondary N) is 2. The van der Waals surface area contributed by atoms with Crippen LogP contribution in [0.4, 0.5) is 16.2 Å². The molecule has 5 amide bonds. The molecule has 2 N–H and O–H groups in total. The van der Waals surface area contributed by atoms with E-state index in [1.165, 1.54) is 12.1 Å². The van der Waals surface area contributed by atoms with Gasteiger partial charge in [-0.1, -0.05) is 30.7 Å². The van der Waals surface area contributed by atoms with E-state index in [4.69, 9.17) is 18.9 Å². The van der Waals surface area contributed by atoms with Gasteiger partial charge >= 0.3 is 6.03 Å². The summed E-state index contributed by atoms with van der Waals surface area (Å²) in [4.78, 5) is 52.4. The molecule has 3 aromatic carbocycles. The first kappa shape index (κ1) is 31.6. The number of amides is 5. The smallest absolute Gasteiger partial charge is 0.335 e. The summed E-state index contributed by atoms with van der Waals surface area (Å²) in [5.74, 6) is -0.541. The van der Waals surface area contributed by atoms with E-state index in [0.717, 1.165) is 16.9 Å². The lowest BCUT2D eigenvalue weighted by atomic mass is 10.1. The molecular weight excluding hydrogens is 566 g/mol. The number of rotatable bonds is 13. The molecule has 0 radical (unpaired) electrons. The van der Waals surface area contributed by atoms with Crippen LogP contribution in [-0.2, 0) is 14.4 Å². The van der Waals surface area contributed by atoms with Crippen LogP contribution in [0.2, 0.25) is 0 Å². The van der Waals surface area contributed by atoms with Crippen molar-refractivity contribution in [2.45, 2.75) is 34.1 Å². The van der Waals surface area contributed by atoms with Crippen molar-refractivity contribution >= 4 is 41.2 Å². The van der Waals surface area contributed by atoms with Crippen LogP contribution < -0.4 is 34.5 Å². The highest BCUT2D eigenvalue weighted by Gasteiger charge is 2.37. The molecule has 1 heterocycles. The van der Waals surface area contributed by atoms with Crippen molar-refractivity contribution in [1.29, 1.82) is 0 Å². The summed E-state index contributed by atoms with van der Waals surface area (Å²) in [6, 6.07) is 15.9. The third-order valence-electron chi connectivity index (χ3n) is 6.32. The highest BCUT2D eigenvalue weighted by atomic mass is 16.5. The van der Waals surface area contributed by atoms with E-state index >= 15 is 0 Å². The Bertz CT molecular complexity index is 1570. The van der Waals surface area contributed by atoms with Gasteiger partial charge in [-0.25, -0.2) is 9.69 Å². The van der Waals surface area contributed by atoms with Gasteiger partial charge in [-0.15, -0.1) is 0 Å². The molecule has 1 saturated heterocycles. The first-order valence-electron chi connectivity index (χ1n) is 14.3. The number of urea groups is 1. The summed E-state index contributed by atoms with van der Waals surface area (Å²) >= 11 is 0. The van der Waals surface area contributed by atoms with Gasteiger partial charge in [0.15, 0.2) is 29.6 Å². The number of carbonyl (C=O) groups excluding carboxylic acids is 4. The number of benzene rings is 3. The summed E-state index contributed by atoms with van der Waals surface area (Å²) in [6.07, 6.45) is 2.15. The topological polar surface area (TPSA) is 132 Å². The van der Waals surface area contributed by atoms with Gasteiger partial charge in [0, 0.05) is 11.8 Å². The quantitative estimate of drug-likeness (QED) is 0.200. The zero-order valence-electron chi connectivity index (χ0n) is 25.1. The van der Waals surface area contributed by atoms with Gasteiger partial charge in [-0.3, -0.25) is 19.7 Å². The Hall–Kier alpha value is -5.32. The molecule has 0 saturated carbocycles. The highest BCUT2D eigenvalue weighted by molar-refractivity contribution is 6.39. The number of hydrogen-bond acceptors (Lipinski definition) is 8. The summed E-state index contributed by atoms with van der Waals surface area (Å²) < 4.78 is 22.8. The van der Waals surface area contributed by atoms with Gasteiger partial charge in [-0.2, -0.15) is 0 Å². The van der Waals surface area contributed by atoms with Crippen molar-refractivity contribution in [3.63, 3.8) is 0 Å². The number of anilines is 2. The van der Waals surface area contributed by atoms with Crippen molar-refractivity contribution in [2.75, 3.05) is 36.6 Å². The Labute approximate surface area is 255 Å². The number of barbiturate groups is 1. The summed E-state index contributed by atoms with van der Waals surface area (Å²) in [7, 11) is 0. The van der Waals surface area contributed by atoms with Crippen LogP contribution in [-0.4, -0.2) is 50.2 Å². The molecule has 0 spiro atoms. The number of aryl methyl sites for hydroxylation is 1. The lowest BCUT2D eigenvalue weighted by molar-refractivity contribution is -0.122. The van der Waals surface area contributed by atoms with Crippen molar-refractivity contribution in [3.8, 4) is 23.0 Å². The Balaban J connectivity index is 1.55. The molecule has 11 heteroatoms. The van der Waals surface area contributed by atoms with Gasteiger partial charge < -0.3 is 24.3 Å². The fourth-order valence-corrected chi connectivity index (χ4v) is 4.27. The van der Waals surface area contributed by atoms with Crippen molar-refractivity contribution in [1.82, 2.24) is 5.32 Å².